The van der Waals surface area contributed by atoms with E-state index in [4.69, 9.17) is 11.6 Å². The molecule has 0 fully saturated rings. The minimum atomic E-state index is -3.44. The molecule has 1 aliphatic rings. The summed E-state index contributed by atoms with van der Waals surface area (Å²) in [5.41, 5.74) is 4.00. The van der Waals surface area contributed by atoms with Crippen molar-refractivity contribution in [3.05, 3.63) is 69.9 Å². The largest absolute Gasteiger partial charge is 0.351 e. The second-order valence-electron chi connectivity index (χ2n) is 8.75. The summed E-state index contributed by atoms with van der Waals surface area (Å²) >= 11 is 6.43. The number of nitrogens with one attached hydrogen (secondary N) is 1. The number of amides is 2. The third-order valence-electron chi connectivity index (χ3n) is 6.03. The highest BCUT2D eigenvalue weighted by molar-refractivity contribution is 7.90. The number of carbonyl (C=O) groups excluding carboxylic acids is 2. The highest BCUT2D eigenvalue weighted by atomic mass is 35.5. The molecular formula is C25H26ClN3O4S. The Hall–Kier alpha value is -3.10. The van der Waals surface area contributed by atoms with E-state index in [1.165, 1.54) is 17.0 Å². The highest BCUT2D eigenvalue weighted by Gasteiger charge is 2.25. The zero-order chi connectivity index (χ0) is 24.8. The fourth-order valence-electron chi connectivity index (χ4n) is 4.21. The number of aromatic nitrogens is 1. The average molecular weight is 500 g/mol. The second-order valence-corrected chi connectivity index (χ2v) is 11.1. The number of nitrogens with zero attached hydrogens (tertiary/aromatic N) is 2. The summed E-state index contributed by atoms with van der Waals surface area (Å²) in [6.45, 7) is 2.55. The molecule has 0 saturated carbocycles. The van der Waals surface area contributed by atoms with Crippen LogP contribution in [0.5, 0.6) is 0 Å². The molecule has 0 aliphatic carbocycles. The molecule has 2 heterocycles. The maximum Gasteiger partial charge on any atom is 0.269 e. The van der Waals surface area contributed by atoms with Crippen LogP contribution in [0.2, 0.25) is 5.02 Å². The number of carbonyl (C=O) groups is 2. The normalized spacial score (nSPS) is 14.3. The quantitative estimate of drug-likeness (QED) is 0.583. The van der Waals surface area contributed by atoms with Crippen molar-refractivity contribution in [2.75, 3.05) is 33.4 Å². The van der Waals surface area contributed by atoms with Crippen LogP contribution in [0.1, 0.15) is 38.4 Å². The third kappa shape index (κ3) is 4.48. The van der Waals surface area contributed by atoms with E-state index in [1.54, 1.807) is 25.9 Å². The first kappa shape index (κ1) is 24.0. The van der Waals surface area contributed by atoms with Gasteiger partial charge in [-0.3, -0.25) is 9.59 Å². The number of fused-ring (bicyclic) bond motifs is 1. The summed E-state index contributed by atoms with van der Waals surface area (Å²) < 4.78 is 23.9. The fourth-order valence-corrected chi connectivity index (χ4v) is 5.49. The molecule has 0 spiro atoms. The van der Waals surface area contributed by atoms with Crippen molar-refractivity contribution in [3.8, 4) is 0 Å². The Bertz CT molecular complexity index is 1450. The van der Waals surface area contributed by atoms with Gasteiger partial charge >= 0.3 is 0 Å². The summed E-state index contributed by atoms with van der Waals surface area (Å²) in [6, 6.07) is 10.7. The second kappa shape index (κ2) is 8.92. The summed E-state index contributed by atoms with van der Waals surface area (Å²) in [5, 5.41) is 1.10. The van der Waals surface area contributed by atoms with Gasteiger partial charge in [-0.25, -0.2) is 8.42 Å². The zero-order valence-corrected chi connectivity index (χ0v) is 21.0. The van der Waals surface area contributed by atoms with Crippen LogP contribution in [0.25, 0.3) is 16.5 Å². The molecule has 4 rings (SSSR count). The number of benzene rings is 2. The maximum absolute atomic E-state index is 13.3. The predicted molar refractivity (Wildman–Crippen MR) is 134 cm³/mol. The number of H-pyrrole nitrogens is 1. The lowest BCUT2D eigenvalue weighted by Crippen LogP contribution is -2.35. The first-order valence-electron chi connectivity index (χ1n) is 10.8. The summed E-state index contributed by atoms with van der Waals surface area (Å²) in [5.74, 6) is -0.334. The molecule has 0 atom stereocenters. The van der Waals surface area contributed by atoms with E-state index in [1.807, 2.05) is 24.3 Å². The third-order valence-corrected chi connectivity index (χ3v) is 7.76. The lowest BCUT2D eigenvalue weighted by Gasteiger charge is -2.28. The molecule has 9 heteroatoms. The van der Waals surface area contributed by atoms with Crippen LogP contribution in [-0.4, -0.2) is 68.5 Å². The van der Waals surface area contributed by atoms with Crippen molar-refractivity contribution in [1.29, 1.82) is 0 Å². The molecular weight excluding hydrogens is 474 g/mol. The van der Waals surface area contributed by atoms with Crippen molar-refractivity contribution in [2.45, 2.75) is 18.2 Å². The number of sulfone groups is 1. The van der Waals surface area contributed by atoms with Gasteiger partial charge in [-0.15, -0.1) is 0 Å². The van der Waals surface area contributed by atoms with Crippen LogP contribution in [0.4, 0.5) is 0 Å². The van der Waals surface area contributed by atoms with Gasteiger partial charge in [0.2, 0.25) is 0 Å². The molecule has 1 aromatic heterocycles. The van der Waals surface area contributed by atoms with E-state index in [2.05, 4.69) is 11.1 Å². The number of hydrogen-bond donors (Lipinski definition) is 1. The number of hydrogen-bond acceptors (Lipinski definition) is 4. The number of rotatable bonds is 4. The SMILES string of the molecule is Cc1c(S(C)(=O)=O)ccc(C(=O)N2CCC=C(c3ccc4cc(C(=O)N(C)C)[nH]c4c3)C2)c1Cl. The lowest BCUT2D eigenvalue weighted by molar-refractivity contribution is 0.0773. The van der Waals surface area contributed by atoms with E-state index >= 15 is 0 Å². The van der Waals surface area contributed by atoms with Crippen molar-refractivity contribution in [1.82, 2.24) is 14.8 Å². The van der Waals surface area contributed by atoms with Gasteiger partial charge in [0, 0.05) is 44.3 Å². The Morgan fingerprint density at radius 1 is 1.12 bits per heavy atom. The van der Waals surface area contributed by atoms with E-state index in [9.17, 15) is 18.0 Å². The Balaban J connectivity index is 1.59. The van der Waals surface area contributed by atoms with Gasteiger partial charge in [0.25, 0.3) is 11.8 Å². The molecule has 0 unspecified atom stereocenters. The maximum atomic E-state index is 13.3. The Morgan fingerprint density at radius 3 is 2.53 bits per heavy atom. The van der Waals surface area contributed by atoms with E-state index in [-0.39, 0.29) is 21.7 Å². The smallest absolute Gasteiger partial charge is 0.269 e. The Labute approximate surface area is 203 Å². The van der Waals surface area contributed by atoms with Crippen LogP contribution in [0.15, 0.2) is 47.4 Å². The molecule has 0 radical (unpaired) electrons. The fraction of sp³-hybridized carbons (Fsp3) is 0.280. The minimum Gasteiger partial charge on any atom is -0.351 e. The first-order valence-corrected chi connectivity index (χ1v) is 13.1. The van der Waals surface area contributed by atoms with Crippen LogP contribution in [-0.2, 0) is 9.84 Å². The lowest BCUT2D eigenvalue weighted by atomic mass is 9.99. The number of halogens is 1. The van der Waals surface area contributed by atoms with Gasteiger partial charge in [-0.1, -0.05) is 29.8 Å². The molecule has 3 aromatic rings. The molecule has 34 heavy (non-hydrogen) atoms. The summed E-state index contributed by atoms with van der Waals surface area (Å²) in [4.78, 5) is 32.1. The minimum absolute atomic E-state index is 0.0968. The van der Waals surface area contributed by atoms with Gasteiger partial charge < -0.3 is 14.8 Å². The van der Waals surface area contributed by atoms with Gasteiger partial charge in [0.1, 0.15) is 5.69 Å². The van der Waals surface area contributed by atoms with Crippen LogP contribution >= 0.6 is 11.6 Å². The number of aromatic amines is 1. The van der Waals surface area contributed by atoms with Crippen molar-refractivity contribution < 1.29 is 18.0 Å². The van der Waals surface area contributed by atoms with Crippen LogP contribution in [0, 0.1) is 6.92 Å². The topological polar surface area (TPSA) is 90.6 Å². The monoisotopic (exact) mass is 499 g/mol. The summed E-state index contributed by atoms with van der Waals surface area (Å²) in [7, 11) is -0.0228. The van der Waals surface area contributed by atoms with E-state index in [0.717, 1.165) is 28.3 Å². The Kier molecular flexibility index (Phi) is 6.31. The molecule has 1 aliphatic heterocycles. The molecule has 178 valence electrons. The first-order chi connectivity index (χ1) is 16.0. The summed E-state index contributed by atoms with van der Waals surface area (Å²) in [6.07, 6.45) is 3.92. The van der Waals surface area contributed by atoms with Gasteiger partial charge in [0.05, 0.1) is 15.5 Å². The van der Waals surface area contributed by atoms with E-state index in [0.29, 0.717) is 36.3 Å². The van der Waals surface area contributed by atoms with Crippen molar-refractivity contribution in [3.63, 3.8) is 0 Å². The van der Waals surface area contributed by atoms with Gasteiger partial charge in [0.15, 0.2) is 9.84 Å². The highest BCUT2D eigenvalue weighted by Crippen LogP contribution is 2.30. The van der Waals surface area contributed by atoms with Gasteiger partial charge in [-0.05, 0) is 54.3 Å². The molecule has 0 saturated heterocycles. The van der Waals surface area contributed by atoms with Gasteiger partial charge in [-0.2, -0.15) is 0 Å². The Morgan fingerprint density at radius 2 is 1.85 bits per heavy atom. The standard InChI is InChI=1S/C25H26ClN3O4S/c1-15-22(34(4,32)33)10-9-19(23(15)26)24(30)29-11-5-6-18(14-29)16-7-8-17-13-21(25(31)28(2)3)27-20(17)12-16/h6-10,12-13,27H,5,11,14H2,1-4H3. The predicted octanol–water partition coefficient (Wildman–Crippen LogP) is 4.16. The van der Waals surface area contributed by atoms with Crippen LogP contribution < -0.4 is 0 Å². The van der Waals surface area contributed by atoms with Crippen molar-refractivity contribution >= 4 is 49.7 Å². The van der Waals surface area contributed by atoms with Crippen LogP contribution in [0.3, 0.4) is 0 Å². The molecule has 7 nitrogen and oxygen atoms in total. The van der Waals surface area contributed by atoms with Crippen molar-refractivity contribution in [2.24, 2.45) is 0 Å². The molecule has 0 bridgehead atoms. The average Bonchev–Trinajstić information content (AvgIpc) is 3.22. The molecule has 1 N–H and O–H groups in total. The van der Waals surface area contributed by atoms with E-state index < -0.39 is 9.84 Å². The molecule has 2 amide bonds. The molecule has 2 aromatic carbocycles. The zero-order valence-electron chi connectivity index (χ0n) is 19.5.